The van der Waals surface area contributed by atoms with Crippen LogP contribution in [0, 0.1) is 0 Å². The third kappa shape index (κ3) is 4.08. The number of hydrogen-bond donors (Lipinski definition) is 2. The van der Waals surface area contributed by atoms with E-state index < -0.39 is 11.7 Å². The van der Waals surface area contributed by atoms with E-state index in [0.717, 1.165) is 12.1 Å². The number of alkyl halides is 3. The van der Waals surface area contributed by atoms with E-state index in [9.17, 15) is 13.2 Å². The first-order valence-electron chi connectivity index (χ1n) is 6.08. The fourth-order valence-corrected chi connectivity index (χ4v) is 1.79. The summed E-state index contributed by atoms with van der Waals surface area (Å²) in [6.07, 6.45) is -1.63. The van der Waals surface area contributed by atoms with Crippen LogP contribution in [0.2, 0.25) is 5.02 Å². The Hall–Kier alpha value is -2.35. The fraction of sp³-hybridized carbons (Fsp3) is 0.154. The Balaban J connectivity index is 2.22. The van der Waals surface area contributed by atoms with Crippen LogP contribution in [0.15, 0.2) is 37.1 Å². The second-order valence-electron chi connectivity index (χ2n) is 4.15. The normalized spacial score (nSPS) is 11.1. The summed E-state index contributed by atoms with van der Waals surface area (Å²) in [5.74, 6) is 0.479. The van der Waals surface area contributed by atoms with Crippen molar-refractivity contribution in [3.05, 3.63) is 47.6 Å². The fourth-order valence-electron chi connectivity index (χ4n) is 1.57. The highest BCUT2D eigenvalue weighted by atomic mass is 35.5. The van der Waals surface area contributed by atoms with Crippen LogP contribution < -0.4 is 10.6 Å². The Morgan fingerprint density at radius 2 is 2.09 bits per heavy atom. The van der Waals surface area contributed by atoms with Crippen LogP contribution in [-0.4, -0.2) is 21.7 Å². The van der Waals surface area contributed by atoms with Crippen LogP contribution >= 0.6 is 11.6 Å². The van der Waals surface area contributed by atoms with Gasteiger partial charge in [0.1, 0.15) is 0 Å². The van der Waals surface area contributed by atoms with Crippen molar-refractivity contribution in [2.45, 2.75) is 6.18 Å². The number of anilines is 3. The lowest BCUT2D eigenvalue weighted by Crippen LogP contribution is -2.08. The molecule has 0 saturated heterocycles. The van der Waals surface area contributed by atoms with Gasteiger partial charge in [-0.1, -0.05) is 17.7 Å². The van der Waals surface area contributed by atoms with Crippen LogP contribution in [0.5, 0.6) is 0 Å². The van der Waals surface area contributed by atoms with Gasteiger partial charge in [-0.3, -0.25) is 0 Å². The Bertz CT molecular complexity index is 675. The zero-order valence-corrected chi connectivity index (χ0v) is 11.9. The van der Waals surface area contributed by atoms with Gasteiger partial charge in [0.2, 0.25) is 5.95 Å². The first-order chi connectivity index (χ1) is 10.4. The number of halogens is 4. The second-order valence-corrected chi connectivity index (χ2v) is 4.56. The molecule has 0 aliphatic carbocycles. The Kier molecular flexibility index (Phi) is 4.81. The van der Waals surface area contributed by atoms with Gasteiger partial charge in [-0.25, -0.2) is 0 Å². The molecule has 1 aromatic heterocycles. The molecule has 1 heterocycles. The van der Waals surface area contributed by atoms with Crippen LogP contribution in [0.4, 0.5) is 30.6 Å². The molecule has 0 aliphatic rings. The van der Waals surface area contributed by atoms with Crippen molar-refractivity contribution in [1.82, 2.24) is 15.2 Å². The molecular weight excluding hydrogens is 319 g/mol. The van der Waals surface area contributed by atoms with Gasteiger partial charge in [-0.05, 0) is 18.2 Å². The molecule has 116 valence electrons. The maximum absolute atomic E-state index is 12.8. The summed E-state index contributed by atoms with van der Waals surface area (Å²) in [5, 5.41) is 12.6. The van der Waals surface area contributed by atoms with E-state index in [-0.39, 0.29) is 22.5 Å². The Morgan fingerprint density at radius 1 is 1.32 bits per heavy atom. The predicted molar refractivity (Wildman–Crippen MR) is 78.3 cm³/mol. The van der Waals surface area contributed by atoms with E-state index in [2.05, 4.69) is 32.4 Å². The molecule has 2 rings (SSSR count). The number of nitrogens with one attached hydrogen (secondary N) is 2. The van der Waals surface area contributed by atoms with E-state index in [0.29, 0.717) is 6.54 Å². The molecule has 0 unspecified atom stereocenters. The quantitative estimate of drug-likeness (QED) is 0.815. The molecule has 22 heavy (non-hydrogen) atoms. The van der Waals surface area contributed by atoms with Crippen molar-refractivity contribution >= 4 is 29.1 Å². The van der Waals surface area contributed by atoms with Gasteiger partial charge in [0, 0.05) is 12.2 Å². The summed E-state index contributed by atoms with van der Waals surface area (Å²) >= 11 is 5.56. The van der Waals surface area contributed by atoms with Crippen molar-refractivity contribution in [2.24, 2.45) is 0 Å². The minimum absolute atomic E-state index is 0.187. The highest BCUT2D eigenvalue weighted by Crippen LogP contribution is 2.36. The molecule has 2 aromatic rings. The summed E-state index contributed by atoms with van der Waals surface area (Å²) in [6, 6.07) is 3.48. The molecule has 0 atom stereocenters. The van der Waals surface area contributed by atoms with E-state index in [1.165, 1.54) is 12.3 Å². The third-order valence-electron chi connectivity index (χ3n) is 2.51. The second kappa shape index (κ2) is 6.61. The average molecular weight is 330 g/mol. The van der Waals surface area contributed by atoms with Crippen molar-refractivity contribution in [3.63, 3.8) is 0 Å². The molecule has 0 fully saturated rings. The first-order valence-corrected chi connectivity index (χ1v) is 6.46. The maximum atomic E-state index is 12.8. The summed E-state index contributed by atoms with van der Waals surface area (Å²) in [4.78, 5) is 4.06. The molecule has 0 radical (unpaired) electrons. The highest BCUT2D eigenvalue weighted by Gasteiger charge is 2.33. The zero-order chi connectivity index (χ0) is 16.2. The van der Waals surface area contributed by atoms with Gasteiger partial charge in [0.05, 0.1) is 16.8 Å². The molecule has 2 N–H and O–H groups in total. The van der Waals surface area contributed by atoms with E-state index in [4.69, 9.17) is 11.6 Å². The highest BCUT2D eigenvalue weighted by molar-refractivity contribution is 6.31. The maximum Gasteiger partial charge on any atom is 0.417 e. The monoisotopic (exact) mass is 329 g/mol. The van der Waals surface area contributed by atoms with E-state index in [1.807, 2.05) is 0 Å². The third-order valence-corrected chi connectivity index (χ3v) is 2.84. The van der Waals surface area contributed by atoms with Crippen LogP contribution in [0.3, 0.4) is 0 Å². The lowest BCUT2D eigenvalue weighted by Gasteiger charge is -2.12. The van der Waals surface area contributed by atoms with Crippen LogP contribution in [-0.2, 0) is 6.18 Å². The molecule has 1 aromatic carbocycles. The SMILES string of the molecule is C=CCNc1nncc(Nc2ccc(Cl)c(C(F)(F)F)c2)n1. The van der Waals surface area contributed by atoms with Gasteiger partial charge >= 0.3 is 6.18 Å². The van der Waals surface area contributed by atoms with Gasteiger partial charge in [-0.15, -0.1) is 11.7 Å². The summed E-state index contributed by atoms with van der Waals surface area (Å²) < 4.78 is 38.4. The Labute approximate surface area is 129 Å². The largest absolute Gasteiger partial charge is 0.417 e. The summed E-state index contributed by atoms with van der Waals surface area (Å²) in [6.45, 7) is 3.97. The lowest BCUT2D eigenvalue weighted by molar-refractivity contribution is -0.137. The smallest absolute Gasteiger partial charge is 0.349 e. The number of rotatable bonds is 5. The topological polar surface area (TPSA) is 62.7 Å². The standard InChI is InChI=1S/C13H11ClF3N5/c1-2-5-18-12-21-11(7-19-22-12)20-8-3-4-10(14)9(6-8)13(15,16)17/h2-4,6-7H,1,5H2,(H2,18,20,21,22). The predicted octanol–water partition coefficient (Wildman–Crippen LogP) is 3.89. The number of hydrogen-bond acceptors (Lipinski definition) is 5. The molecule has 0 saturated carbocycles. The number of benzene rings is 1. The lowest BCUT2D eigenvalue weighted by atomic mass is 10.2. The molecule has 9 heteroatoms. The molecule has 0 spiro atoms. The summed E-state index contributed by atoms with van der Waals surface area (Å²) in [7, 11) is 0. The van der Waals surface area contributed by atoms with Crippen LogP contribution in [0.25, 0.3) is 0 Å². The van der Waals surface area contributed by atoms with Gasteiger partial charge in [-0.2, -0.15) is 23.3 Å². The minimum Gasteiger partial charge on any atom is -0.349 e. The van der Waals surface area contributed by atoms with Gasteiger partial charge in [0.15, 0.2) is 5.82 Å². The van der Waals surface area contributed by atoms with Gasteiger partial charge in [0.25, 0.3) is 0 Å². The van der Waals surface area contributed by atoms with E-state index in [1.54, 1.807) is 6.08 Å². The van der Waals surface area contributed by atoms with Crippen molar-refractivity contribution in [1.29, 1.82) is 0 Å². The number of aromatic nitrogens is 3. The molecule has 5 nitrogen and oxygen atoms in total. The summed E-state index contributed by atoms with van der Waals surface area (Å²) in [5.41, 5.74) is -0.738. The first kappa shape index (κ1) is 16.0. The minimum atomic E-state index is -4.53. The van der Waals surface area contributed by atoms with Crippen molar-refractivity contribution < 1.29 is 13.2 Å². The van der Waals surface area contributed by atoms with E-state index >= 15 is 0 Å². The average Bonchev–Trinajstić information content (AvgIpc) is 2.46. The molecule has 0 aliphatic heterocycles. The zero-order valence-electron chi connectivity index (χ0n) is 11.2. The molecule has 0 bridgehead atoms. The Morgan fingerprint density at radius 3 is 2.77 bits per heavy atom. The van der Waals surface area contributed by atoms with Crippen LogP contribution in [0.1, 0.15) is 5.56 Å². The van der Waals surface area contributed by atoms with Crippen molar-refractivity contribution in [3.8, 4) is 0 Å². The number of nitrogens with zero attached hydrogens (tertiary/aromatic N) is 3. The van der Waals surface area contributed by atoms with Crippen molar-refractivity contribution in [2.75, 3.05) is 17.2 Å². The molecule has 0 amide bonds. The van der Waals surface area contributed by atoms with Gasteiger partial charge < -0.3 is 10.6 Å². The molecular formula is C13H11ClF3N5.